The third kappa shape index (κ3) is 5.05. The van der Waals surface area contributed by atoms with Gasteiger partial charge in [-0.25, -0.2) is 5.43 Å². The number of hydrazone groups is 1. The van der Waals surface area contributed by atoms with Crippen LogP contribution in [0.3, 0.4) is 0 Å². The lowest BCUT2D eigenvalue weighted by atomic mass is 10.1. The minimum atomic E-state index is -0.242. The molecule has 5 nitrogen and oxygen atoms in total. The van der Waals surface area contributed by atoms with Crippen LogP contribution in [-0.2, 0) is 6.61 Å². The van der Waals surface area contributed by atoms with Crippen molar-refractivity contribution in [3.63, 3.8) is 0 Å². The number of nitrogens with zero attached hydrogens (tertiary/aromatic N) is 1. The number of carbonyl (C=O) groups excluding carboxylic acids is 1. The lowest BCUT2D eigenvalue weighted by Crippen LogP contribution is -2.17. The van der Waals surface area contributed by atoms with Gasteiger partial charge >= 0.3 is 0 Å². The van der Waals surface area contributed by atoms with Crippen LogP contribution in [0, 0.1) is 0 Å². The summed E-state index contributed by atoms with van der Waals surface area (Å²) in [6.07, 6.45) is 1.59. The normalized spacial score (nSPS) is 11.0. The molecule has 1 N–H and O–H groups in total. The molecule has 0 fully saturated rings. The largest absolute Gasteiger partial charge is 0.496 e. The van der Waals surface area contributed by atoms with Crippen molar-refractivity contribution in [1.82, 2.24) is 5.43 Å². The van der Waals surface area contributed by atoms with Crippen molar-refractivity contribution in [3.05, 3.63) is 93.8 Å². The second-order valence-corrected chi connectivity index (χ2v) is 8.01. The lowest BCUT2D eigenvalue weighted by Gasteiger charge is -2.11. The number of thiophene rings is 1. The van der Waals surface area contributed by atoms with Crippen LogP contribution in [-0.4, -0.2) is 19.2 Å². The molecule has 1 amide bonds. The van der Waals surface area contributed by atoms with Crippen molar-refractivity contribution >= 4 is 45.1 Å². The molecule has 0 aliphatic carbocycles. The topological polar surface area (TPSA) is 59.9 Å². The van der Waals surface area contributed by atoms with Gasteiger partial charge in [-0.1, -0.05) is 29.8 Å². The molecule has 156 valence electrons. The Hall–Kier alpha value is -3.35. The van der Waals surface area contributed by atoms with Crippen LogP contribution in [0.25, 0.3) is 10.1 Å². The average molecular weight is 451 g/mol. The van der Waals surface area contributed by atoms with Crippen LogP contribution in [0.5, 0.6) is 11.5 Å². The molecule has 0 aliphatic heterocycles. The fourth-order valence-corrected chi connectivity index (χ4v) is 4.13. The van der Waals surface area contributed by atoms with Crippen molar-refractivity contribution in [2.45, 2.75) is 6.61 Å². The Morgan fingerprint density at radius 3 is 2.74 bits per heavy atom. The van der Waals surface area contributed by atoms with Gasteiger partial charge in [0.15, 0.2) is 0 Å². The maximum atomic E-state index is 12.5. The monoisotopic (exact) mass is 450 g/mol. The number of rotatable bonds is 7. The molecule has 0 saturated heterocycles. The smallest absolute Gasteiger partial charge is 0.272 e. The number of methoxy groups -OCH3 is 1. The molecule has 0 spiro atoms. The van der Waals surface area contributed by atoms with Crippen molar-refractivity contribution in [3.8, 4) is 11.5 Å². The summed E-state index contributed by atoms with van der Waals surface area (Å²) < 4.78 is 12.3. The zero-order valence-corrected chi connectivity index (χ0v) is 18.2. The van der Waals surface area contributed by atoms with Crippen LogP contribution in [0.15, 0.2) is 77.2 Å². The number of fused-ring (bicyclic) bond motifs is 1. The molecule has 1 heterocycles. The number of halogens is 1. The quantitative estimate of drug-likeness (QED) is 0.281. The van der Waals surface area contributed by atoms with Gasteiger partial charge in [-0.3, -0.25) is 4.79 Å². The van der Waals surface area contributed by atoms with E-state index in [-0.39, 0.29) is 5.91 Å². The lowest BCUT2D eigenvalue weighted by molar-refractivity contribution is 0.0957. The van der Waals surface area contributed by atoms with E-state index in [0.717, 1.165) is 21.2 Å². The van der Waals surface area contributed by atoms with E-state index in [9.17, 15) is 4.79 Å². The number of ether oxygens (including phenoxy) is 2. The summed E-state index contributed by atoms with van der Waals surface area (Å²) in [7, 11) is 1.61. The predicted molar refractivity (Wildman–Crippen MR) is 126 cm³/mol. The molecule has 0 aliphatic rings. The summed E-state index contributed by atoms with van der Waals surface area (Å²) in [5, 5.41) is 7.53. The first-order chi connectivity index (χ1) is 15.1. The van der Waals surface area contributed by atoms with Gasteiger partial charge in [0, 0.05) is 26.1 Å². The molecule has 7 heteroatoms. The van der Waals surface area contributed by atoms with E-state index in [0.29, 0.717) is 28.7 Å². The molecule has 0 radical (unpaired) electrons. The SMILES string of the molecule is COc1ccc(/C=N\NC(=O)c2csc3ccccc23)cc1COc1ccc(Cl)cc1. The average Bonchev–Trinajstić information content (AvgIpc) is 3.23. The van der Waals surface area contributed by atoms with Gasteiger partial charge < -0.3 is 9.47 Å². The molecule has 31 heavy (non-hydrogen) atoms. The van der Waals surface area contributed by atoms with E-state index in [4.69, 9.17) is 21.1 Å². The molecule has 0 unspecified atom stereocenters. The zero-order chi connectivity index (χ0) is 21.6. The number of hydrogen-bond donors (Lipinski definition) is 1. The Bertz CT molecular complexity index is 1240. The highest BCUT2D eigenvalue weighted by Crippen LogP contribution is 2.25. The molecule has 4 rings (SSSR count). The Kier molecular flexibility index (Phi) is 6.50. The molecule has 0 atom stereocenters. The van der Waals surface area contributed by atoms with E-state index in [1.165, 1.54) is 11.3 Å². The number of nitrogens with one attached hydrogen (secondary N) is 1. The highest BCUT2D eigenvalue weighted by molar-refractivity contribution is 7.17. The van der Waals surface area contributed by atoms with Gasteiger partial charge in [-0.2, -0.15) is 5.10 Å². The van der Waals surface area contributed by atoms with Crippen LogP contribution < -0.4 is 14.9 Å². The van der Waals surface area contributed by atoms with Gasteiger partial charge in [0.05, 0.1) is 18.9 Å². The maximum absolute atomic E-state index is 12.5. The predicted octanol–water partition coefficient (Wildman–Crippen LogP) is 5.91. The number of hydrogen-bond acceptors (Lipinski definition) is 5. The highest BCUT2D eigenvalue weighted by Gasteiger charge is 2.11. The maximum Gasteiger partial charge on any atom is 0.272 e. The first-order valence-electron chi connectivity index (χ1n) is 9.49. The van der Waals surface area contributed by atoms with Crippen LogP contribution in [0.2, 0.25) is 5.02 Å². The fraction of sp³-hybridized carbons (Fsp3) is 0.0833. The molecule has 1 aromatic heterocycles. The van der Waals surface area contributed by atoms with Gasteiger partial charge in [0.1, 0.15) is 18.1 Å². The van der Waals surface area contributed by atoms with E-state index in [1.807, 2.05) is 60.0 Å². The van der Waals surface area contributed by atoms with E-state index in [1.54, 1.807) is 25.5 Å². The minimum absolute atomic E-state index is 0.242. The van der Waals surface area contributed by atoms with Crippen LogP contribution >= 0.6 is 22.9 Å². The summed E-state index contributed by atoms with van der Waals surface area (Å²) in [5.41, 5.74) is 4.88. The van der Waals surface area contributed by atoms with E-state index >= 15 is 0 Å². The molecule has 4 aromatic rings. The van der Waals surface area contributed by atoms with Gasteiger partial charge in [0.25, 0.3) is 5.91 Å². The Balaban J connectivity index is 1.44. The van der Waals surface area contributed by atoms with Gasteiger partial charge in [-0.15, -0.1) is 11.3 Å². The number of carbonyl (C=O) groups is 1. The van der Waals surface area contributed by atoms with E-state index < -0.39 is 0 Å². The first kappa shape index (κ1) is 20.9. The van der Waals surface area contributed by atoms with Crippen molar-refractivity contribution in [2.24, 2.45) is 5.10 Å². The van der Waals surface area contributed by atoms with Crippen molar-refractivity contribution in [1.29, 1.82) is 0 Å². The second-order valence-electron chi connectivity index (χ2n) is 6.66. The Morgan fingerprint density at radius 1 is 1.13 bits per heavy atom. The molecule has 3 aromatic carbocycles. The first-order valence-corrected chi connectivity index (χ1v) is 10.7. The van der Waals surface area contributed by atoms with Gasteiger partial charge in [0.2, 0.25) is 0 Å². The Labute approximate surface area is 188 Å². The number of amides is 1. The molecule has 0 bridgehead atoms. The third-order valence-electron chi connectivity index (χ3n) is 4.62. The molecular weight excluding hydrogens is 432 g/mol. The van der Waals surface area contributed by atoms with Crippen molar-refractivity contribution in [2.75, 3.05) is 7.11 Å². The molecule has 0 saturated carbocycles. The minimum Gasteiger partial charge on any atom is -0.496 e. The van der Waals surface area contributed by atoms with Crippen LogP contribution in [0.4, 0.5) is 0 Å². The summed E-state index contributed by atoms with van der Waals surface area (Å²) in [6, 6.07) is 20.6. The summed E-state index contributed by atoms with van der Waals surface area (Å²) >= 11 is 7.44. The fourth-order valence-electron chi connectivity index (χ4n) is 3.06. The standard InChI is InChI=1S/C24H19ClN2O3S/c1-29-22-11-6-16(12-17(22)14-30-19-9-7-18(25)8-10-19)13-26-27-24(28)21-15-31-23-5-3-2-4-20(21)23/h2-13,15H,14H2,1H3,(H,27,28)/b26-13-. The summed E-state index contributed by atoms with van der Waals surface area (Å²) in [5.74, 6) is 1.18. The summed E-state index contributed by atoms with van der Waals surface area (Å²) in [4.78, 5) is 12.5. The van der Waals surface area contributed by atoms with Gasteiger partial charge in [-0.05, 0) is 54.1 Å². The van der Waals surface area contributed by atoms with E-state index in [2.05, 4.69) is 10.5 Å². The molecular formula is C24H19ClN2O3S. The second kappa shape index (κ2) is 9.64. The summed E-state index contributed by atoms with van der Waals surface area (Å²) in [6.45, 7) is 0.319. The van der Waals surface area contributed by atoms with Crippen LogP contribution in [0.1, 0.15) is 21.5 Å². The Morgan fingerprint density at radius 2 is 1.94 bits per heavy atom. The zero-order valence-electron chi connectivity index (χ0n) is 16.7. The highest BCUT2D eigenvalue weighted by atomic mass is 35.5. The number of benzene rings is 3. The van der Waals surface area contributed by atoms with Crippen molar-refractivity contribution < 1.29 is 14.3 Å². The third-order valence-corrected chi connectivity index (χ3v) is 5.83.